The van der Waals surface area contributed by atoms with Gasteiger partial charge in [-0.2, -0.15) is 0 Å². The molecule has 2 aromatic heterocycles. The Bertz CT molecular complexity index is 1610. The maximum Gasteiger partial charge on any atom is 0.255 e. The minimum Gasteiger partial charge on any atom is -0.379 e. The van der Waals surface area contributed by atoms with E-state index in [2.05, 4.69) is 21.3 Å². The number of halogens is 1. The van der Waals surface area contributed by atoms with Crippen molar-refractivity contribution in [1.29, 1.82) is 0 Å². The molecule has 1 N–H and O–H groups in total. The molecule has 0 saturated carbocycles. The molecule has 3 heterocycles. The van der Waals surface area contributed by atoms with E-state index >= 15 is 0 Å². The Morgan fingerprint density at radius 3 is 2.61 bits per heavy atom. The minimum absolute atomic E-state index is 0.247. The number of nitrogens with zero attached hydrogens (tertiary/aromatic N) is 3. The highest BCUT2D eigenvalue weighted by Gasteiger charge is 2.16. The molecule has 0 spiro atoms. The van der Waals surface area contributed by atoms with E-state index in [0.717, 1.165) is 70.5 Å². The van der Waals surface area contributed by atoms with Gasteiger partial charge in [-0.05, 0) is 59.2 Å². The van der Waals surface area contributed by atoms with E-state index in [1.165, 1.54) is 23.5 Å². The summed E-state index contributed by atoms with van der Waals surface area (Å²) >= 11 is 1.50. The first-order valence-electron chi connectivity index (χ1n) is 12.4. The molecule has 1 saturated heterocycles. The number of hydrogen-bond acceptors (Lipinski definition) is 6. The average Bonchev–Trinajstić information content (AvgIpc) is 3.37. The first kappa shape index (κ1) is 24.4. The van der Waals surface area contributed by atoms with Gasteiger partial charge in [-0.3, -0.25) is 9.69 Å². The lowest BCUT2D eigenvalue weighted by Crippen LogP contribution is -2.35. The SMILES string of the molecule is O=C(Nc1ccccc1-c1nc2cc(CN3CCOCC3)cnc2s1)c1cccc(-c2cccc(F)c2)c1. The molecule has 1 aliphatic rings. The zero-order valence-corrected chi connectivity index (χ0v) is 21.4. The number of nitrogens with one attached hydrogen (secondary N) is 1. The Kier molecular flexibility index (Phi) is 6.92. The molecular weight excluding hydrogens is 499 g/mol. The molecule has 6 rings (SSSR count). The quantitative estimate of drug-likeness (QED) is 0.284. The van der Waals surface area contributed by atoms with E-state index in [-0.39, 0.29) is 11.7 Å². The van der Waals surface area contributed by atoms with Crippen LogP contribution in [0.15, 0.2) is 85.1 Å². The molecule has 0 atom stereocenters. The van der Waals surface area contributed by atoms with Gasteiger partial charge in [0, 0.05) is 37.0 Å². The Balaban J connectivity index is 1.24. The predicted octanol–water partition coefficient (Wildman–Crippen LogP) is 6.25. The van der Waals surface area contributed by atoms with Gasteiger partial charge < -0.3 is 10.1 Å². The number of pyridine rings is 1. The van der Waals surface area contributed by atoms with Crippen LogP contribution in [0.2, 0.25) is 0 Å². The molecule has 6 nitrogen and oxygen atoms in total. The third-order valence-corrected chi connectivity index (χ3v) is 7.51. The second-order valence-corrected chi connectivity index (χ2v) is 10.1. The first-order chi connectivity index (χ1) is 18.6. The van der Waals surface area contributed by atoms with Crippen molar-refractivity contribution in [3.63, 3.8) is 0 Å². The van der Waals surface area contributed by atoms with Gasteiger partial charge in [-0.25, -0.2) is 14.4 Å². The number of carbonyl (C=O) groups is 1. The summed E-state index contributed by atoms with van der Waals surface area (Å²) in [5.41, 5.74) is 5.45. The van der Waals surface area contributed by atoms with Crippen LogP contribution in [0.5, 0.6) is 0 Å². The fourth-order valence-corrected chi connectivity index (χ4v) is 5.49. The number of rotatable bonds is 6. The van der Waals surface area contributed by atoms with Crippen LogP contribution >= 0.6 is 11.3 Å². The summed E-state index contributed by atoms with van der Waals surface area (Å²) in [4.78, 5) is 26.0. The molecule has 190 valence electrons. The Morgan fingerprint density at radius 2 is 1.76 bits per heavy atom. The van der Waals surface area contributed by atoms with Crippen molar-refractivity contribution < 1.29 is 13.9 Å². The van der Waals surface area contributed by atoms with Gasteiger partial charge in [0.05, 0.1) is 18.9 Å². The standard InChI is InChI=1S/C30H25FN4O2S/c31-24-8-4-6-22(17-24)21-5-3-7-23(16-21)28(36)33-26-10-2-1-9-25(26)29-34-27-15-20(18-32-30(27)38-29)19-35-11-13-37-14-12-35/h1-10,15-18H,11-14,19H2,(H,33,36). The van der Waals surface area contributed by atoms with Crippen LogP contribution in [-0.2, 0) is 11.3 Å². The molecule has 5 aromatic rings. The molecule has 1 aliphatic heterocycles. The normalized spacial score (nSPS) is 14.0. The van der Waals surface area contributed by atoms with Crippen LogP contribution in [0.25, 0.3) is 32.0 Å². The molecule has 0 unspecified atom stereocenters. The molecule has 38 heavy (non-hydrogen) atoms. The van der Waals surface area contributed by atoms with E-state index in [0.29, 0.717) is 11.3 Å². The van der Waals surface area contributed by atoms with Crippen molar-refractivity contribution in [3.05, 3.63) is 102 Å². The Morgan fingerprint density at radius 1 is 0.974 bits per heavy atom. The molecule has 1 amide bonds. The maximum atomic E-state index is 13.7. The number of aromatic nitrogens is 2. The molecule has 3 aromatic carbocycles. The molecule has 8 heteroatoms. The number of anilines is 1. The molecular formula is C30H25FN4O2S. The van der Waals surface area contributed by atoms with Crippen molar-refractivity contribution in [2.75, 3.05) is 31.6 Å². The van der Waals surface area contributed by atoms with E-state index in [1.807, 2.05) is 42.6 Å². The van der Waals surface area contributed by atoms with Crippen molar-refractivity contribution in [3.8, 4) is 21.7 Å². The van der Waals surface area contributed by atoms with Gasteiger partial charge in [0.1, 0.15) is 21.2 Å². The van der Waals surface area contributed by atoms with Crippen LogP contribution in [0.1, 0.15) is 15.9 Å². The number of para-hydroxylation sites is 1. The number of thiazole rings is 1. The summed E-state index contributed by atoms with van der Waals surface area (Å²) in [5.74, 6) is -0.562. The van der Waals surface area contributed by atoms with Crippen molar-refractivity contribution >= 4 is 33.3 Å². The van der Waals surface area contributed by atoms with E-state index in [9.17, 15) is 9.18 Å². The van der Waals surface area contributed by atoms with Gasteiger partial charge in [0.2, 0.25) is 0 Å². The third-order valence-electron chi connectivity index (χ3n) is 6.50. The smallest absolute Gasteiger partial charge is 0.255 e. The zero-order chi connectivity index (χ0) is 25.9. The summed E-state index contributed by atoms with van der Waals surface area (Å²) in [6.07, 6.45) is 1.92. The topological polar surface area (TPSA) is 67.4 Å². The average molecular weight is 525 g/mol. The van der Waals surface area contributed by atoms with Crippen molar-refractivity contribution in [2.24, 2.45) is 0 Å². The van der Waals surface area contributed by atoms with E-state index in [1.54, 1.807) is 24.3 Å². The lowest BCUT2D eigenvalue weighted by atomic mass is 10.0. The molecule has 0 bridgehead atoms. The van der Waals surface area contributed by atoms with Crippen molar-refractivity contribution in [1.82, 2.24) is 14.9 Å². The van der Waals surface area contributed by atoms with Crippen LogP contribution < -0.4 is 5.32 Å². The number of ether oxygens (including phenoxy) is 1. The van der Waals surface area contributed by atoms with Crippen LogP contribution in [0.4, 0.5) is 10.1 Å². The highest BCUT2D eigenvalue weighted by molar-refractivity contribution is 7.21. The second-order valence-electron chi connectivity index (χ2n) is 9.17. The lowest BCUT2D eigenvalue weighted by molar-refractivity contribution is 0.0341. The highest BCUT2D eigenvalue weighted by atomic mass is 32.1. The summed E-state index contributed by atoms with van der Waals surface area (Å²) in [6, 6.07) is 23.2. The summed E-state index contributed by atoms with van der Waals surface area (Å²) in [7, 11) is 0. The van der Waals surface area contributed by atoms with Gasteiger partial charge in [-0.15, -0.1) is 0 Å². The third kappa shape index (κ3) is 5.33. The monoisotopic (exact) mass is 524 g/mol. The Hall–Kier alpha value is -3.98. The predicted molar refractivity (Wildman–Crippen MR) is 149 cm³/mol. The maximum absolute atomic E-state index is 13.7. The minimum atomic E-state index is -0.315. The summed E-state index contributed by atoms with van der Waals surface area (Å²) in [6.45, 7) is 4.17. The first-order valence-corrected chi connectivity index (χ1v) is 13.3. The Labute approximate surface area is 223 Å². The van der Waals surface area contributed by atoms with Gasteiger partial charge >= 0.3 is 0 Å². The number of benzene rings is 3. The number of morpholine rings is 1. The number of amides is 1. The summed E-state index contributed by atoms with van der Waals surface area (Å²) < 4.78 is 19.2. The van der Waals surface area contributed by atoms with Crippen molar-refractivity contribution in [2.45, 2.75) is 6.54 Å². The number of carbonyl (C=O) groups excluding carboxylic acids is 1. The van der Waals surface area contributed by atoms with E-state index in [4.69, 9.17) is 9.72 Å². The molecule has 0 aliphatic carbocycles. The number of hydrogen-bond donors (Lipinski definition) is 1. The second kappa shape index (κ2) is 10.8. The highest BCUT2D eigenvalue weighted by Crippen LogP contribution is 2.34. The van der Waals surface area contributed by atoms with Crippen LogP contribution in [0, 0.1) is 5.82 Å². The van der Waals surface area contributed by atoms with Gasteiger partial charge in [0.25, 0.3) is 5.91 Å². The number of fused-ring (bicyclic) bond motifs is 1. The zero-order valence-electron chi connectivity index (χ0n) is 20.6. The van der Waals surface area contributed by atoms with Crippen LogP contribution in [-0.4, -0.2) is 47.1 Å². The van der Waals surface area contributed by atoms with E-state index < -0.39 is 0 Å². The summed E-state index contributed by atoms with van der Waals surface area (Å²) in [5, 5.41) is 3.83. The molecule has 0 radical (unpaired) electrons. The van der Waals surface area contributed by atoms with Gasteiger partial charge in [0.15, 0.2) is 0 Å². The largest absolute Gasteiger partial charge is 0.379 e. The molecule has 1 fully saturated rings. The fraction of sp³-hybridized carbons (Fsp3) is 0.167. The van der Waals surface area contributed by atoms with Gasteiger partial charge in [-0.1, -0.05) is 47.7 Å². The fourth-order valence-electron chi connectivity index (χ4n) is 4.57. The lowest BCUT2D eigenvalue weighted by Gasteiger charge is -2.26. The van der Waals surface area contributed by atoms with Crippen LogP contribution in [0.3, 0.4) is 0 Å².